The zero-order chi connectivity index (χ0) is 16.1. The van der Waals surface area contributed by atoms with Crippen LogP contribution in [0.4, 0.5) is 5.82 Å². The predicted molar refractivity (Wildman–Crippen MR) is 91.1 cm³/mol. The van der Waals surface area contributed by atoms with E-state index in [1.54, 1.807) is 18.3 Å². The van der Waals surface area contributed by atoms with Crippen LogP contribution in [0.15, 0.2) is 48.7 Å². The van der Waals surface area contributed by atoms with Gasteiger partial charge in [-0.05, 0) is 30.5 Å². The molecule has 0 aliphatic carbocycles. The molecule has 1 fully saturated rings. The van der Waals surface area contributed by atoms with Crippen molar-refractivity contribution in [3.05, 3.63) is 59.8 Å². The van der Waals surface area contributed by atoms with Gasteiger partial charge in [0.05, 0.1) is 5.56 Å². The van der Waals surface area contributed by atoms with Gasteiger partial charge >= 0.3 is 0 Å². The summed E-state index contributed by atoms with van der Waals surface area (Å²) >= 11 is 0. The van der Waals surface area contributed by atoms with E-state index in [1.165, 1.54) is 5.56 Å². The number of anilines is 1. The molecule has 1 aromatic carbocycles. The van der Waals surface area contributed by atoms with Gasteiger partial charge in [0, 0.05) is 31.9 Å². The Morgan fingerprint density at radius 2 is 1.91 bits per heavy atom. The molecule has 0 atom stereocenters. The van der Waals surface area contributed by atoms with Gasteiger partial charge in [-0.25, -0.2) is 4.98 Å². The van der Waals surface area contributed by atoms with Crippen molar-refractivity contribution < 1.29 is 4.79 Å². The van der Waals surface area contributed by atoms with Crippen LogP contribution in [-0.2, 0) is 6.54 Å². The highest BCUT2D eigenvalue weighted by Gasteiger charge is 2.20. The van der Waals surface area contributed by atoms with E-state index in [1.807, 2.05) is 6.07 Å². The number of likely N-dealkylation sites (tertiary alicyclic amines) is 1. The maximum absolute atomic E-state index is 11.5. The highest BCUT2D eigenvalue weighted by Crippen LogP contribution is 2.19. The molecular weight excluding hydrogens is 288 g/mol. The average molecular weight is 310 g/mol. The van der Waals surface area contributed by atoms with E-state index in [0.29, 0.717) is 17.4 Å². The highest BCUT2D eigenvalue weighted by atomic mass is 16.1. The Kier molecular flexibility index (Phi) is 4.88. The van der Waals surface area contributed by atoms with Gasteiger partial charge in [0.2, 0.25) is 0 Å². The lowest BCUT2D eigenvalue weighted by atomic mass is 10.0. The lowest BCUT2D eigenvalue weighted by Crippen LogP contribution is -2.39. The van der Waals surface area contributed by atoms with E-state index in [2.05, 4.69) is 39.5 Å². The van der Waals surface area contributed by atoms with Crippen molar-refractivity contribution in [1.82, 2.24) is 9.88 Å². The quantitative estimate of drug-likeness (QED) is 0.888. The molecule has 3 rings (SSSR count). The smallest absolute Gasteiger partial charge is 0.252 e. The lowest BCUT2D eigenvalue weighted by Gasteiger charge is -2.32. The van der Waals surface area contributed by atoms with Crippen molar-refractivity contribution in [3.8, 4) is 0 Å². The first kappa shape index (κ1) is 15.5. The van der Waals surface area contributed by atoms with Gasteiger partial charge in [-0.15, -0.1) is 0 Å². The molecule has 2 aromatic rings. The normalized spacial score (nSPS) is 16.2. The molecule has 1 aliphatic rings. The number of hydrogen-bond acceptors (Lipinski definition) is 4. The Bertz CT molecular complexity index is 651. The number of piperidine rings is 1. The Morgan fingerprint density at radius 3 is 2.61 bits per heavy atom. The molecule has 1 aliphatic heterocycles. The van der Waals surface area contributed by atoms with Crippen LogP contribution < -0.4 is 11.1 Å². The summed E-state index contributed by atoms with van der Waals surface area (Å²) in [5.74, 6) is 0.156. The van der Waals surface area contributed by atoms with E-state index >= 15 is 0 Å². The monoisotopic (exact) mass is 310 g/mol. The first-order valence-corrected chi connectivity index (χ1v) is 8.00. The summed E-state index contributed by atoms with van der Waals surface area (Å²) in [6.07, 6.45) is 3.74. The van der Waals surface area contributed by atoms with E-state index < -0.39 is 5.91 Å². The Balaban J connectivity index is 1.54. The fraction of sp³-hybridized carbons (Fsp3) is 0.333. The van der Waals surface area contributed by atoms with Gasteiger partial charge in [-0.3, -0.25) is 9.69 Å². The van der Waals surface area contributed by atoms with Crippen LogP contribution in [0, 0.1) is 0 Å². The lowest BCUT2D eigenvalue weighted by molar-refractivity contribution is 0.100. The Morgan fingerprint density at radius 1 is 1.17 bits per heavy atom. The SMILES string of the molecule is NC(=O)c1cccnc1NC1CCN(Cc2ccccc2)CC1. The Hall–Kier alpha value is -2.40. The molecule has 120 valence electrons. The van der Waals surface area contributed by atoms with E-state index in [9.17, 15) is 4.79 Å². The van der Waals surface area contributed by atoms with Crippen molar-refractivity contribution >= 4 is 11.7 Å². The third-order valence-corrected chi connectivity index (χ3v) is 4.25. The topological polar surface area (TPSA) is 71.2 Å². The molecular formula is C18H22N4O. The number of aromatic nitrogens is 1. The second-order valence-electron chi connectivity index (χ2n) is 5.94. The minimum absolute atomic E-state index is 0.329. The summed E-state index contributed by atoms with van der Waals surface area (Å²) in [5, 5.41) is 3.38. The molecule has 5 nitrogen and oxygen atoms in total. The zero-order valence-corrected chi connectivity index (χ0v) is 13.1. The van der Waals surface area contributed by atoms with Crippen molar-refractivity contribution in [2.24, 2.45) is 5.73 Å². The van der Waals surface area contributed by atoms with Crippen LogP contribution >= 0.6 is 0 Å². The number of primary amides is 1. The summed E-state index contributed by atoms with van der Waals surface area (Å²) in [6.45, 7) is 3.06. The minimum atomic E-state index is -0.442. The van der Waals surface area contributed by atoms with E-state index in [4.69, 9.17) is 5.73 Å². The molecule has 0 spiro atoms. The highest BCUT2D eigenvalue weighted by molar-refractivity contribution is 5.97. The van der Waals surface area contributed by atoms with Gasteiger partial charge in [-0.2, -0.15) is 0 Å². The molecule has 0 saturated carbocycles. The molecule has 5 heteroatoms. The summed E-state index contributed by atoms with van der Waals surface area (Å²) < 4.78 is 0. The number of hydrogen-bond donors (Lipinski definition) is 2. The number of nitrogens with one attached hydrogen (secondary N) is 1. The van der Waals surface area contributed by atoms with Gasteiger partial charge in [0.1, 0.15) is 5.82 Å². The predicted octanol–water partition coefficient (Wildman–Crippen LogP) is 2.26. The van der Waals surface area contributed by atoms with E-state index in [-0.39, 0.29) is 0 Å². The maximum atomic E-state index is 11.5. The maximum Gasteiger partial charge on any atom is 0.252 e. The molecule has 1 aromatic heterocycles. The second-order valence-corrected chi connectivity index (χ2v) is 5.94. The molecule has 3 N–H and O–H groups in total. The largest absolute Gasteiger partial charge is 0.367 e. The number of benzene rings is 1. The fourth-order valence-electron chi connectivity index (χ4n) is 2.99. The third-order valence-electron chi connectivity index (χ3n) is 4.25. The first-order chi connectivity index (χ1) is 11.2. The van der Waals surface area contributed by atoms with E-state index in [0.717, 1.165) is 32.5 Å². The molecule has 23 heavy (non-hydrogen) atoms. The molecule has 2 heterocycles. The van der Waals surface area contributed by atoms with Crippen molar-refractivity contribution in [2.45, 2.75) is 25.4 Å². The van der Waals surface area contributed by atoms with Gasteiger partial charge < -0.3 is 11.1 Å². The van der Waals surface area contributed by atoms with Gasteiger partial charge in [0.15, 0.2) is 0 Å². The number of nitrogens with two attached hydrogens (primary N) is 1. The number of nitrogens with zero attached hydrogens (tertiary/aromatic N) is 2. The van der Waals surface area contributed by atoms with Gasteiger partial charge in [-0.1, -0.05) is 30.3 Å². The second kappa shape index (κ2) is 7.24. The Labute approximate surface area is 136 Å². The van der Waals surface area contributed by atoms with Crippen molar-refractivity contribution in [1.29, 1.82) is 0 Å². The van der Waals surface area contributed by atoms with Crippen LogP contribution in [0.2, 0.25) is 0 Å². The number of carbonyl (C=O) groups excluding carboxylic acids is 1. The van der Waals surface area contributed by atoms with Crippen LogP contribution in [0.1, 0.15) is 28.8 Å². The molecule has 0 radical (unpaired) electrons. The number of amides is 1. The number of pyridine rings is 1. The average Bonchev–Trinajstić information content (AvgIpc) is 2.58. The molecule has 0 unspecified atom stereocenters. The number of rotatable bonds is 5. The molecule has 1 saturated heterocycles. The van der Waals surface area contributed by atoms with Crippen LogP contribution in [0.3, 0.4) is 0 Å². The van der Waals surface area contributed by atoms with Crippen LogP contribution in [-0.4, -0.2) is 34.9 Å². The van der Waals surface area contributed by atoms with Crippen LogP contribution in [0.25, 0.3) is 0 Å². The summed E-state index contributed by atoms with van der Waals surface area (Å²) in [4.78, 5) is 18.2. The summed E-state index contributed by atoms with van der Waals surface area (Å²) in [6, 6.07) is 14.3. The summed E-state index contributed by atoms with van der Waals surface area (Å²) in [7, 11) is 0. The van der Waals surface area contributed by atoms with Crippen molar-refractivity contribution in [2.75, 3.05) is 18.4 Å². The van der Waals surface area contributed by atoms with Gasteiger partial charge in [0.25, 0.3) is 5.91 Å². The first-order valence-electron chi connectivity index (χ1n) is 8.00. The minimum Gasteiger partial charge on any atom is -0.367 e. The van der Waals surface area contributed by atoms with Crippen molar-refractivity contribution in [3.63, 3.8) is 0 Å². The number of carbonyl (C=O) groups is 1. The molecule has 1 amide bonds. The molecule has 0 bridgehead atoms. The zero-order valence-electron chi connectivity index (χ0n) is 13.1. The van der Waals surface area contributed by atoms with Crippen LogP contribution in [0.5, 0.6) is 0 Å². The fourth-order valence-corrected chi connectivity index (χ4v) is 2.99. The third kappa shape index (κ3) is 4.07. The summed E-state index contributed by atoms with van der Waals surface area (Å²) in [5.41, 5.74) is 7.21. The standard InChI is InChI=1S/C18H22N4O/c19-17(23)16-7-4-10-20-18(16)21-15-8-11-22(12-9-15)13-14-5-2-1-3-6-14/h1-7,10,15H,8-9,11-13H2,(H2,19,23)(H,20,21).